The van der Waals surface area contributed by atoms with Crippen LogP contribution in [0.15, 0.2) is 30.3 Å². The number of benzene rings is 1. The van der Waals surface area contributed by atoms with Crippen molar-refractivity contribution in [1.29, 1.82) is 0 Å². The number of carbonyl (C=O) groups excluding carboxylic acids is 2. The maximum atomic E-state index is 12.7. The Bertz CT molecular complexity index is 601. The van der Waals surface area contributed by atoms with Crippen molar-refractivity contribution < 1.29 is 23.8 Å². The molecule has 0 fully saturated rings. The molecule has 31 heavy (non-hydrogen) atoms. The zero-order valence-electron chi connectivity index (χ0n) is 19.9. The van der Waals surface area contributed by atoms with Crippen LogP contribution in [0.3, 0.4) is 0 Å². The van der Waals surface area contributed by atoms with Gasteiger partial charge in [-0.1, -0.05) is 83.7 Å². The standard InChI is InChI=1S/C26H42O5/c1-5-9-16-22(7-3)25(27)30-20-24(19-29-18-21-14-12-11-13-15-21)31-26(28)23(8-4)17-10-6-2/h11-15,22-24H,5-10,16-20H2,1-4H3. The molecule has 1 aromatic rings. The summed E-state index contributed by atoms with van der Waals surface area (Å²) in [7, 11) is 0. The number of rotatable bonds is 17. The Morgan fingerprint density at radius 1 is 0.806 bits per heavy atom. The monoisotopic (exact) mass is 434 g/mol. The predicted molar refractivity (Wildman–Crippen MR) is 124 cm³/mol. The maximum absolute atomic E-state index is 12.7. The molecule has 1 rings (SSSR count). The molecular formula is C26H42O5. The van der Waals surface area contributed by atoms with Crippen LogP contribution in [0.5, 0.6) is 0 Å². The average molecular weight is 435 g/mol. The molecule has 176 valence electrons. The highest BCUT2D eigenvalue weighted by Gasteiger charge is 2.25. The molecule has 3 atom stereocenters. The highest BCUT2D eigenvalue weighted by Crippen LogP contribution is 2.17. The largest absolute Gasteiger partial charge is 0.461 e. The van der Waals surface area contributed by atoms with Crippen molar-refractivity contribution >= 4 is 11.9 Å². The summed E-state index contributed by atoms with van der Waals surface area (Å²) in [6.07, 6.45) is 6.63. The molecule has 0 heterocycles. The van der Waals surface area contributed by atoms with E-state index in [1.165, 1.54) is 0 Å². The predicted octanol–water partition coefficient (Wildman–Crippen LogP) is 6.09. The fraction of sp³-hybridized carbons (Fsp3) is 0.692. The van der Waals surface area contributed by atoms with E-state index in [1.54, 1.807) is 0 Å². The summed E-state index contributed by atoms with van der Waals surface area (Å²) in [4.78, 5) is 25.2. The molecule has 3 unspecified atom stereocenters. The van der Waals surface area contributed by atoms with Gasteiger partial charge in [0.15, 0.2) is 6.10 Å². The molecule has 0 saturated heterocycles. The van der Waals surface area contributed by atoms with Crippen LogP contribution >= 0.6 is 0 Å². The summed E-state index contributed by atoms with van der Waals surface area (Å²) in [5, 5.41) is 0. The van der Waals surface area contributed by atoms with Crippen LogP contribution in [0.1, 0.15) is 84.6 Å². The molecule has 0 aliphatic rings. The molecule has 0 N–H and O–H groups in total. The number of ether oxygens (including phenoxy) is 3. The molecule has 0 aliphatic heterocycles. The molecule has 5 nitrogen and oxygen atoms in total. The lowest BCUT2D eigenvalue weighted by Crippen LogP contribution is -2.33. The number of carbonyl (C=O) groups is 2. The van der Waals surface area contributed by atoms with Crippen molar-refractivity contribution in [1.82, 2.24) is 0 Å². The average Bonchev–Trinajstić information content (AvgIpc) is 2.79. The van der Waals surface area contributed by atoms with Crippen molar-refractivity contribution in [3.63, 3.8) is 0 Å². The maximum Gasteiger partial charge on any atom is 0.309 e. The Morgan fingerprint density at radius 3 is 1.94 bits per heavy atom. The molecule has 0 aromatic heterocycles. The first-order chi connectivity index (χ1) is 15.0. The number of hydrogen-bond acceptors (Lipinski definition) is 5. The zero-order chi connectivity index (χ0) is 22.9. The molecular weight excluding hydrogens is 392 g/mol. The summed E-state index contributed by atoms with van der Waals surface area (Å²) in [6.45, 7) is 8.88. The highest BCUT2D eigenvalue weighted by atomic mass is 16.6. The topological polar surface area (TPSA) is 61.8 Å². The lowest BCUT2D eigenvalue weighted by Gasteiger charge is -2.22. The first kappa shape index (κ1) is 27.2. The molecule has 0 radical (unpaired) electrons. The smallest absolute Gasteiger partial charge is 0.309 e. The SMILES string of the molecule is CCCCC(CC)C(=O)OCC(COCc1ccccc1)OC(=O)C(CC)CCCC. The lowest BCUT2D eigenvalue weighted by molar-refractivity contribution is -0.168. The first-order valence-corrected chi connectivity index (χ1v) is 12.0. The van der Waals surface area contributed by atoms with Gasteiger partial charge in [-0.3, -0.25) is 9.59 Å². The third kappa shape index (κ3) is 11.3. The molecule has 0 amide bonds. The third-order valence-corrected chi connectivity index (χ3v) is 5.57. The summed E-state index contributed by atoms with van der Waals surface area (Å²) < 4.78 is 17.1. The Kier molecular flexibility index (Phi) is 14.7. The molecule has 0 bridgehead atoms. The second-order valence-corrected chi connectivity index (χ2v) is 8.18. The summed E-state index contributed by atoms with van der Waals surface area (Å²) in [6, 6.07) is 9.84. The van der Waals surface area contributed by atoms with Gasteiger partial charge in [0.25, 0.3) is 0 Å². The first-order valence-electron chi connectivity index (χ1n) is 12.0. The van der Waals surface area contributed by atoms with Crippen molar-refractivity contribution in [2.75, 3.05) is 13.2 Å². The van der Waals surface area contributed by atoms with Gasteiger partial charge < -0.3 is 14.2 Å². The third-order valence-electron chi connectivity index (χ3n) is 5.57. The number of hydrogen-bond donors (Lipinski definition) is 0. The van der Waals surface area contributed by atoms with E-state index >= 15 is 0 Å². The Balaban J connectivity index is 2.67. The van der Waals surface area contributed by atoms with E-state index in [0.717, 1.165) is 56.9 Å². The minimum absolute atomic E-state index is 0.0339. The minimum atomic E-state index is -0.598. The van der Waals surface area contributed by atoms with Gasteiger partial charge in [0, 0.05) is 0 Å². The van der Waals surface area contributed by atoms with Gasteiger partial charge in [-0.15, -0.1) is 0 Å². The van der Waals surface area contributed by atoms with Crippen LogP contribution < -0.4 is 0 Å². The Hall–Kier alpha value is -1.88. The van der Waals surface area contributed by atoms with E-state index in [0.29, 0.717) is 6.61 Å². The fourth-order valence-corrected chi connectivity index (χ4v) is 3.43. The summed E-state index contributed by atoms with van der Waals surface area (Å²) >= 11 is 0. The van der Waals surface area contributed by atoms with E-state index in [1.807, 2.05) is 44.2 Å². The van der Waals surface area contributed by atoms with E-state index < -0.39 is 6.10 Å². The van der Waals surface area contributed by atoms with Crippen molar-refractivity contribution in [2.45, 2.75) is 91.8 Å². The normalized spacial score (nSPS) is 13.9. The van der Waals surface area contributed by atoms with Gasteiger partial charge in [-0.2, -0.15) is 0 Å². The van der Waals surface area contributed by atoms with Gasteiger partial charge in [0.1, 0.15) is 6.61 Å². The quantitative estimate of drug-likeness (QED) is 0.278. The highest BCUT2D eigenvalue weighted by molar-refractivity contribution is 5.73. The van der Waals surface area contributed by atoms with Crippen LogP contribution in [-0.4, -0.2) is 31.3 Å². The van der Waals surface area contributed by atoms with Crippen LogP contribution in [-0.2, 0) is 30.4 Å². The van der Waals surface area contributed by atoms with Crippen LogP contribution in [0.25, 0.3) is 0 Å². The molecule has 0 spiro atoms. The van der Waals surface area contributed by atoms with E-state index in [4.69, 9.17) is 14.2 Å². The molecule has 0 aliphatic carbocycles. The van der Waals surface area contributed by atoms with Gasteiger partial charge in [0.05, 0.1) is 25.0 Å². The zero-order valence-corrected chi connectivity index (χ0v) is 19.9. The van der Waals surface area contributed by atoms with E-state index in [-0.39, 0.29) is 37.0 Å². The van der Waals surface area contributed by atoms with Crippen molar-refractivity contribution in [3.05, 3.63) is 35.9 Å². The fourth-order valence-electron chi connectivity index (χ4n) is 3.43. The molecule has 0 saturated carbocycles. The van der Waals surface area contributed by atoms with Crippen LogP contribution in [0.4, 0.5) is 0 Å². The summed E-state index contributed by atoms with van der Waals surface area (Å²) in [5.74, 6) is -0.661. The Morgan fingerprint density at radius 2 is 1.39 bits per heavy atom. The van der Waals surface area contributed by atoms with Crippen LogP contribution in [0.2, 0.25) is 0 Å². The molecule has 1 aromatic carbocycles. The van der Waals surface area contributed by atoms with Gasteiger partial charge >= 0.3 is 11.9 Å². The minimum Gasteiger partial charge on any atom is -0.461 e. The lowest BCUT2D eigenvalue weighted by atomic mass is 9.99. The number of unbranched alkanes of at least 4 members (excludes halogenated alkanes) is 2. The van der Waals surface area contributed by atoms with Gasteiger partial charge in [0.2, 0.25) is 0 Å². The molecule has 5 heteroatoms. The van der Waals surface area contributed by atoms with Gasteiger partial charge in [-0.05, 0) is 31.2 Å². The second kappa shape index (κ2) is 16.8. The van der Waals surface area contributed by atoms with E-state index in [9.17, 15) is 9.59 Å². The summed E-state index contributed by atoms with van der Waals surface area (Å²) in [5.41, 5.74) is 1.05. The van der Waals surface area contributed by atoms with Crippen LogP contribution in [0, 0.1) is 11.8 Å². The van der Waals surface area contributed by atoms with Crippen molar-refractivity contribution in [3.8, 4) is 0 Å². The van der Waals surface area contributed by atoms with E-state index in [2.05, 4.69) is 13.8 Å². The van der Waals surface area contributed by atoms with Gasteiger partial charge in [-0.25, -0.2) is 0 Å². The second-order valence-electron chi connectivity index (χ2n) is 8.18. The van der Waals surface area contributed by atoms with Crippen molar-refractivity contribution in [2.24, 2.45) is 11.8 Å². The number of esters is 2. The Labute approximate surface area is 188 Å².